The van der Waals surface area contributed by atoms with Gasteiger partial charge in [-0.25, -0.2) is 0 Å². The lowest BCUT2D eigenvalue weighted by molar-refractivity contribution is 0.513. The van der Waals surface area contributed by atoms with Crippen molar-refractivity contribution in [1.29, 1.82) is 0 Å². The Kier molecular flexibility index (Phi) is 2.75. The van der Waals surface area contributed by atoms with E-state index in [2.05, 4.69) is 5.32 Å². The Morgan fingerprint density at radius 3 is 2.55 bits per heavy atom. The fourth-order valence-corrected chi connectivity index (χ4v) is 4.69. The minimum absolute atomic E-state index is 0.775. The zero-order chi connectivity index (χ0) is 7.52. The molecule has 0 radical (unpaired) electrons. The van der Waals surface area contributed by atoms with E-state index in [4.69, 9.17) is 0 Å². The first-order valence-corrected chi connectivity index (χ1v) is 6.46. The Morgan fingerprint density at radius 1 is 1.09 bits per heavy atom. The van der Waals surface area contributed by atoms with Gasteiger partial charge < -0.3 is 0 Å². The van der Waals surface area contributed by atoms with Crippen molar-refractivity contribution in [3.63, 3.8) is 0 Å². The average Bonchev–Trinajstić information content (AvgIpc) is 2.58. The summed E-state index contributed by atoms with van der Waals surface area (Å²) in [6, 6.07) is 0. The molecule has 2 aliphatic rings. The standard InChI is InChI=1S/C9H18NS/c1-2-4-9(5-3-1)11-7-6-10-8-11/h9-10H,1-8H2/q+1. The fourth-order valence-electron chi connectivity index (χ4n) is 2.16. The molecule has 2 rings (SSSR count). The van der Waals surface area contributed by atoms with Crippen LogP contribution in [-0.4, -0.2) is 23.4 Å². The fraction of sp³-hybridized carbons (Fsp3) is 1.00. The normalized spacial score (nSPS) is 34.4. The highest BCUT2D eigenvalue weighted by Crippen LogP contribution is 2.26. The molecule has 0 amide bonds. The molecule has 1 saturated heterocycles. The molecule has 0 aromatic rings. The van der Waals surface area contributed by atoms with Crippen molar-refractivity contribution in [2.24, 2.45) is 0 Å². The molecule has 0 spiro atoms. The highest BCUT2D eigenvalue weighted by Gasteiger charge is 2.33. The number of hydrogen-bond acceptors (Lipinski definition) is 1. The van der Waals surface area contributed by atoms with Crippen LogP contribution in [0.25, 0.3) is 0 Å². The van der Waals surface area contributed by atoms with Crippen molar-refractivity contribution in [3.8, 4) is 0 Å². The van der Waals surface area contributed by atoms with Gasteiger partial charge >= 0.3 is 0 Å². The zero-order valence-corrected chi connectivity index (χ0v) is 7.96. The monoisotopic (exact) mass is 172 g/mol. The van der Waals surface area contributed by atoms with Crippen molar-refractivity contribution in [2.45, 2.75) is 37.4 Å². The van der Waals surface area contributed by atoms with Crippen LogP contribution in [0.3, 0.4) is 0 Å². The molecule has 2 fully saturated rings. The second-order valence-electron chi connectivity index (χ2n) is 3.65. The van der Waals surface area contributed by atoms with Gasteiger partial charge in [-0.05, 0) is 25.7 Å². The predicted octanol–water partition coefficient (Wildman–Crippen LogP) is 1.50. The summed E-state index contributed by atoms with van der Waals surface area (Å²) < 4.78 is 0. The van der Waals surface area contributed by atoms with E-state index in [-0.39, 0.29) is 0 Å². The highest BCUT2D eigenvalue weighted by molar-refractivity contribution is 7.97. The quantitative estimate of drug-likeness (QED) is 0.591. The second-order valence-corrected chi connectivity index (χ2v) is 6.08. The van der Waals surface area contributed by atoms with Gasteiger partial charge in [0.15, 0.2) is 5.88 Å². The van der Waals surface area contributed by atoms with Gasteiger partial charge in [0, 0.05) is 17.4 Å². The molecule has 1 saturated carbocycles. The van der Waals surface area contributed by atoms with Crippen LogP contribution in [0.5, 0.6) is 0 Å². The summed E-state index contributed by atoms with van der Waals surface area (Å²) in [4.78, 5) is 0. The summed E-state index contributed by atoms with van der Waals surface area (Å²) >= 11 is 0. The van der Waals surface area contributed by atoms with Crippen LogP contribution in [0.15, 0.2) is 0 Å². The van der Waals surface area contributed by atoms with Crippen LogP contribution in [0.2, 0.25) is 0 Å². The number of hydrogen-bond donors (Lipinski definition) is 1. The lowest BCUT2D eigenvalue weighted by atomic mass is 10.0. The lowest BCUT2D eigenvalue weighted by Gasteiger charge is -2.19. The van der Waals surface area contributed by atoms with E-state index in [1.807, 2.05) is 0 Å². The summed E-state index contributed by atoms with van der Waals surface area (Å²) in [6.45, 7) is 1.29. The van der Waals surface area contributed by atoms with E-state index in [9.17, 15) is 0 Å². The first kappa shape index (κ1) is 7.93. The van der Waals surface area contributed by atoms with Crippen LogP contribution in [-0.2, 0) is 10.9 Å². The molecule has 64 valence electrons. The van der Waals surface area contributed by atoms with Crippen molar-refractivity contribution in [3.05, 3.63) is 0 Å². The average molecular weight is 172 g/mol. The summed E-state index contributed by atoms with van der Waals surface area (Å²) in [7, 11) is 0.775. The van der Waals surface area contributed by atoms with Crippen molar-refractivity contribution in [1.82, 2.24) is 5.32 Å². The molecule has 0 bridgehead atoms. The Balaban J connectivity index is 1.82. The van der Waals surface area contributed by atoms with Crippen LogP contribution in [0, 0.1) is 0 Å². The van der Waals surface area contributed by atoms with Crippen LogP contribution < -0.4 is 5.32 Å². The van der Waals surface area contributed by atoms with Gasteiger partial charge in [-0.15, -0.1) is 0 Å². The number of rotatable bonds is 1. The first-order chi connectivity index (χ1) is 5.47. The largest absolute Gasteiger partial charge is 0.270 e. The molecule has 1 atom stereocenters. The highest BCUT2D eigenvalue weighted by atomic mass is 32.2. The third-order valence-corrected chi connectivity index (χ3v) is 5.57. The van der Waals surface area contributed by atoms with E-state index in [1.54, 1.807) is 0 Å². The molecule has 0 aromatic heterocycles. The summed E-state index contributed by atoms with van der Waals surface area (Å²) in [5.74, 6) is 2.81. The molecule has 1 nitrogen and oxygen atoms in total. The van der Waals surface area contributed by atoms with Gasteiger partial charge in [-0.3, -0.25) is 5.32 Å². The Bertz CT molecular complexity index is 115. The molecule has 1 aliphatic carbocycles. The molecule has 1 N–H and O–H groups in total. The van der Waals surface area contributed by atoms with Crippen LogP contribution in [0.4, 0.5) is 0 Å². The molecule has 1 unspecified atom stereocenters. The third kappa shape index (κ3) is 1.91. The molecule has 1 heterocycles. The van der Waals surface area contributed by atoms with Crippen molar-refractivity contribution < 1.29 is 0 Å². The maximum atomic E-state index is 3.48. The second kappa shape index (κ2) is 3.81. The van der Waals surface area contributed by atoms with Crippen molar-refractivity contribution in [2.75, 3.05) is 18.2 Å². The van der Waals surface area contributed by atoms with Gasteiger partial charge in [0.05, 0.1) is 0 Å². The van der Waals surface area contributed by atoms with Gasteiger partial charge in [0.25, 0.3) is 0 Å². The van der Waals surface area contributed by atoms with Gasteiger partial charge in [0.2, 0.25) is 0 Å². The Morgan fingerprint density at radius 2 is 1.91 bits per heavy atom. The summed E-state index contributed by atoms with van der Waals surface area (Å²) in [6.07, 6.45) is 7.58. The van der Waals surface area contributed by atoms with Crippen LogP contribution in [0.1, 0.15) is 32.1 Å². The smallest absolute Gasteiger partial charge is 0.160 e. The number of nitrogens with one attached hydrogen (secondary N) is 1. The first-order valence-electron chi connectivity index (χ1n) is 4.84. The van der Waals surface area contributed by atoms with Crippen LogP contribution >= 0.6 is 0 Å². The van der Waals surface area contributed by atoms with E-state index in [0.29, 0.717) is 0 Å². The van der Waals surface area contributed by atoms with Gasteiger partial charge in [-0.2, -0.15) is 0 Å². The molecule has 0 aromatic carbocycles. The van der Waals surface area contributed by atoms with E-state index >= 15 is 0 Å². The molecule has 1 aliphatic heterocycles. The Labute approximate surface area is 72.3 Å². The summed E-state index contributed by atoms with van der Waals surface area (Å²) in [5.41, 5.74) is 0. The third-order valence-electron chi connectivity index (χ3n) is 2.85. The van der Waals surface area contributed by atoms with Gasteiger partial charge in [0.1, 0.15) is 11.0 Å². The van der Waals surface area contributed by atoms with E-state index in [0.717, 1.165) is 16.1 Å². The molecular formula is C9H18NS+. The molecular weight excluding hydrogens is 154 g/mol. The molecule has 2 heteroatoms. The summed E-state index contributed by atoms with van der Waals surface area (Å²) in [5, 5.41) is 4.59. The topological polar surface area (TPSA) is 12.0 Å². The maximum Gasteiger partial charge on any atom is 0.160 e. The predicted molar refractivity (Wildman–Crippen MR) is 52.0 cm³/mol. The molecule has 11 heavy (non-hydrogen) atoms. The zero-order valence-electron chi connectivity index (χ0n) is 7.14. The van der Waals surface area contributed by atoms with E-state index in [1.165, 1.54) is 50.3 Å². The Hall–Kier alpha value is 0.310. The minimum atomic E-state index is 0.775. The lowest BCUT2D eigenvalue weighted by Crippen LogP contribution is -2.26. The maximum absolute atomic E-state index is 3.48. The SMILES string of the molecule is C1CCC([S+]2CCNC2)CC1. The van der Waals surface area contributed by atoms with Crippen molar-refractivity contribution >= 4 is 10.9 Å². The minimum Gasteiger partial charge on any atom is -0.270 e. The van der Waals surface area contributed by atoms with E-state index < -0.39 is 0 Å². The van der Waals surface area contributed by atoms with Gasteiger partial charge in [-0.1, -0.05) is 6.42 Å².